The van der Waals surface area contributed by atoms with Crippen LogP contribution in [0, 0.1) is 11.8 Å². The minimum absolute atomic E-state index is 0.0556. The van der Waals surface area contributed by atoms with E-state index in [2.05, 4.69) is 17.2 Å². The molecule has 0 unspecified atom stereocenters. The molecule has 4 nitrogen and oxygen atoms in total. The lowest BCUT2D eigenvalue weighted by Crippen LogP contribution is -2.23. The molecule has 116 valence electrons. The molecular weight excluding hydrogens is 286 g/mol. The lowest BCUT2D eigenvalue weighted by Gasteiger charge is -2.07. The first-order valence-corrected chi connectivity index (χ1v) is 8.04. The topological polar surface area (TPSA) is 58.6 Å². The molecule has 0 aliphatic carbocycles. The van der Waals surface area contributed by atoms with Gasteiger partial charge in [-0.3, -0.25) is 4.79 Å². The molecule has 0 fully saturated rings. The summed E-state index contributed by atoms with van der Waals surface area (Å²) in [5.74, 6) is 5.72. The number of aliphatic hydroxyl groups excluding tert-OH is 1. The summed E-state index contributed by atoms with van der Waals surface area (Å²) in [6, 6.07) is 3.62. The van der Waals surface area contributed by atoms with E-state index in [1.165, 1.54) is 11.3 Å². The number of ether oxygens (including phenoxy) is 1. The zero-order valence-electron chi connectivity index (χ0n) is 12.6. The van der Waals surface area contributed by atoms with E-state index in [1.807, 2.05) is 19.9 Å². The van der Waals surface area contributed by atoms with Gasteiger partial charge in [0.1, 0.15) is 0 Å². The number of unbranched alkanes of at least 4 members (excludes halogenated alkanes) is 1. The minimum Gasteiger partial charge on any atom is -0.395 e. The van der Waals surface area contributed by atoms with Crippen LogP contribution in [0.15, 0.2) is 12.1 Å². The fourth-order valence-corrected chi connectivity index (χ4v) is 2.36. The van der Waals surface area contributed by atoms with Crippen molar-refractivity contribution < 1.29 is 14.6 Å². The van der Waals surface area contributed by atoms with E-state index in [-0.39, 0.29) is 18.6 Å². The molecule has 1 aromatic heterocycles. The zero-order chi connectivity index (χ0) is 15.5. The van der Waals surface area contributed by atoms with Gasteiger partial charge in [0.05, 0.1) is 22.5 Å². The van der Waals surface area contributed by atoms with Crippen molar-refractivity contribution in [2.75, 3.05) is 19.8 Å². The van der Waals surface area contributed by atoms with Crippen molar-refractivity contribution in [1.82, 2.24) is 5.32 Å². The Hall–Kier alpha value is -1.35. The molecule has 1 aromatic rings. The Morgan fingerprint density at radius 1 is 1.43 bits per heavy atom. The Kier molecular flexibility index (Phi) is 8.76. The van der Waals surface area contributed by atoms with Crippen molar-refractivity contribution in [2.24, 2.45) is 0 Å². The van der Waals surface area contributed by atoms with E-state index in [9.17, 15) is 4.79 Å². The molecule has 0 bridgehead atoms. The molecule has 2 N–H and O–H groups in total. The largest absolute Gasteiger partial charge is 0.395 e. The summed E-state index contributed by atoms with van der Waals surface area (Å²) in [6.45, 7) is 5.48. The highest BCUT2D eigenvalue weighted by Gasteiger charge is 2.07. The van der Waals surface area contributed by atoms with Crippen molar-refractivity contribution in [1.29, 1.82) is 0 Å². The van der Waals surface area contributed by atoms with Gasteiger partial charge in [-0.05, 0) is 38.8 Å². The van der Waals surface area contributed by atoms with Crippen LogP contribution in [-0.4, -0.2) is 36.9 Å². The first kappa shape index (κ1) is 17.7. The van der Waals surface area contributed by atoms with Crippen LogP contribution in [0.2, 0.25) is 0 Å². The maximum absolute atomic E-state index is 11.9. The van der Waals surface area contributed by atoms with Crippen LogP contribution in [0.5, 0.6) is 0 Å². The molecule has 1 rings (SSSR count). The number of hydrogen-bond donors (Lipinski definition) is 2. The Morgan fingerprint density at radius 2 is 2.24 bits per heavy atom. The molecule has 0 aliphatic heterocycles. The summed E-state index contributed by atoms with van der Waals surface area (Å²) in [4.78, 5) is 13.4. The first-order chi connectivity index (χ1) is 10.1. The highest BCUT2D eigenvalue weighted by molar-refractivity contribution is 7.14. The number of aliphatic hydroxyl groups is 1. The highest BCUT2D eigenvalue weighted by atomic mass is 32.1. The molecule has 0 aromatic carbocycles. The summed E-state index contributed by atoms with van der Waals surface area (Å²) in [5.41, 5.74) is 0. The number of rotatable bonds is 8. The van der Waals surface area contributed by atoms with Gasteiger partial charge >= 0.3 is 0 Å². The van der Waals surface area contributed by atoms with Gasteiger partial charge in [0.15, 0.2) is 0 Å². The molecule has 5 heteroatoms. The average Bonchev–Trinajstić information content (AvgIpc) is 2.91. The maximum Gasteiger partial charge on any atom is 0.261 e. The van der Waals surface area contributed by atoms with E-state index in [0.717, 1.165) is 24.3 Å². The average molecular weight is 309 g/mol. The lowest BCUT2D eigenvalue weighted by molar-refractivity contribution is 0.0754. The minimum atomic E-state index is -0.0556. The third-order valence-electron chi connectivity index (χ3n) is 2.59. The number of hydrogen-bond acceptors (Lipinski definition) is 4. The van der Waals surface area contributed by atoms with Crippen molar-refractivity contribution in [2.45, 2.75) is 39.2 Å². The van der Waals surface area contributed by atoms with Crippen molar-refractivity contribution in [3.63, 3.8) is 0 Å². The third kappa shape index (κ3) is 7.86. The fraction of sp³-hybridized carbons (Fsp3) is 0.562. The quantitative estimate of drug-likeness (QED) is 0.573. The molecule has 0 spiro atoms. The van der Waals surface area contributed by atoms with Crippen molar-refractivity contribution in [3.8, 4) is 11.8 Å². The van der Waals surface area contributed by atoms with Gasteiger partial charge in [0.2, 0.25) is 0 Å². The van der Waals surface area contributed by atoms with Gasteiger partial charge in [-0.1, -0.05) is 11.8 Å². The summed E-state index contributed by atoms with van der Waals surface area (Å²) >= 11 is 1.37. The monoisotopic (exact) mass is 309 g/mol. The second-order valence-corrected chi connectivity index (χ2v) is 5.91. The van der Waals surface area contributed by atoms with Crippen molar-refractivity contribution in [3.05, 3.63) is 21.9 Å². The standard InChI is InChI=1S/C16H23NO3S/c1-13(2)20-12-6-4-10-17-16(19)15-9-8-14(21-15)7-3-5-11-18/h8-9,13,18H,4-6,10-12H2,1-2H3,(H,17,19). The third-order valence-corrected chi connectivity index (χ3v) is 3.59. The van der Waals surface area contributed by atoms with E-state index in [0.29, 0.717) is 17.8 Å². The predicted molar refractivity (Wildman–Crippen MR) is 85.6 cm³/mol. The second kappa shape index (κ2) is 10.4. The fourth-order valence-electron chi connectivity index (χ4n) is 1.57. The molecule has 0 aliphatic rings. The highest BCUT2D eigenvalue weighted by Crippen LogP contribution is 2.15. The normalized spacial score (nSPS) is 10.3. The molecular formula is C16H23NO3S. The number of amides is 1. The number of nitrogens with one attached hydrogen (secondary N) is 1. The van der Waals surface area contributed by atoms with E-state index >= 15 is 0 Å². The Balaban J connectivity index is 2.25. The molecule has 0 radical (unpaired) electrons. The summed E-state index contributed by atoms with van der Waals surface area (Å²) < 4.78 is 5.44. The van der Waals surface area contributed by atoms with Gasteiger partial charge in [-0.25, -0.2) is 0 Å². The van der Waals surface area contributed by atoms with Gasteiger partial charge < -0.3 is 15.2 Å². The van der Waals surface area contributed by atoms with Crippen LogP contribution < -0.4 is 5.32 Å². The molecule has 0 atom stereocenters. The Morgan fingerprint density at radius 3 is 2.95 bits per heavy atom. The lowest BCUT2D eigenvalue weighted by atomic mass is 10.3. The van der Waals surface area contributed by atoms with Crippen LogP contribution >= 0.6 is 11.3 Å². The second-order valence-electron chi connectivity index (χ2n) is 4.82. The molecule has 21 heavy (non-hydrogen) atoms. The van der Waals surface area contributed by atoms with Crippen LogP contribution in [0.1, 0.15) is 47.7 Å². The maximum atomic E-state index is 11.9. The number of carbonyl (C=O) groups excluding carboxylic acids is 1. The van der Waals surface area contributed by atoms with Gasteiger partial charge in [0.25, 0.3) is 5.91 Å². The predicted octanol–water partition coefficient (Wildman–Crippen LogP) is 2.42. The number of thiophene rings is 1. The SMILES string of the molecule is CC(C)OCCCCNC(=O)c1ccc(C#CCCO)s1. The van der Waals surface area contributed by atoms with Crippen LogP contribution in [0.4, 0.5) is 0 Å². The van der Waals surface area contributed by atoms with E-state index in [1.54, 1.807) is 6.07 Å². The van der Waals surface area contributed by atoms with Crippen LogP contribution in [-0.2, 0) is 4.74 Å². The van der Waals surface area contributed by atoms with Gasteiger partial charge in [-0.15, -0.1) is 11.3 Å². The van der Waals surface area contributed by atoms with Crippen molar-refractivity contribution >= 4 is 17.2 Å². The molecule has 1 heterocycles. The number of carbonyl (C=O) groups is 1. The Labute approximate surface area is 130 Å². The molecule has 0 saturated heterocycles. The van der Waals surface area contributed by atoms with Crippen LogP contribution in [0.25, 0.3) is 0 Å². The zero-order valence-corrected chi connectivity index (χ0v) is 13.5. The first-order valence-electron chi connectivity index (χ1n) is 7.23. The van der Waals surface area contributed by atoms with Crippen LogP contribution in [0.3, 0.4) is 0 Å². The van der Waals surface area contributed by atoms with E-state index in [4.69, 9.17) is 9.84 Å². The smallest absolute Gasteiger partial charge is 0.261 e. The Bertz CT molecular complexity index is 485. The molecule has 1 amide bonds. The van der Waals surface area contributed by atoms with E-state index < -0.39 is 0 Å². The summed E-state index contributed by atoms with van der Waals surface area (Å²) in [6.07, 6.45) is 2.57. The molecule has 0 saturated carbocycles. The summed E-state index contributed by atoms with van der Waals surface area (Å²) in [5, 5.41) is 11.5. The van der Waals surface area contributed by atoms with Gasteiger partial charge in [-0.2, -0.15) is 0 Å². The van der Waals surface area contributed by atoms with Gasteiger partial charge in [0, 0.05) is 19.6 Å². The summed E-state index contributed by atoms with van der Waals surface area (Å²) in [7, 11) is 0.